The number of aromatic nitrogens is 5. The van der Waals surface area contributed by atoms with Gasteiger partial charge in [0.1, 0.15) is 23.6 Å². The Balaban J connectivity index is 1.53. The fourth-order valence-corrected chi connectivity index (χ4v) is 5.47. The van der Waals surface area contributed by atoms with Gasteiger partial charge in [0.2, 0.25) is 5.91 Å². The monoisotopic (exact) mass is 584 g/mol. The number of nitrogens with zero attached hydrogens (tertiary/aromatic N) is 6. The third-order valence-corrected chi connectivity index (χ3v) is 7.51. The minimum absolute atomic E-state index is 0.0656. The molecule has 5 rings (SSSR count). The van der Waals surface area contributed by atoms with Crippen LogP contribution in [0.3, 0.4) is 0 Å². The molecule has 216 valence electrons. The van der Waals surface area contributed by atoms with Crippen molar-refractivity contribution in [1.29, 1.82) is 0 Å². The molecule has 0 saturated carbocycles. The SMILES string of the molecule is CC(C)Sc1ccc(OC(F)F)c(-c2nn(CC(=O)N3CCC(N)CC3)cc2NC(=O)c2cnn3cccnc23)c1. The summed E-state index contributed by atoms with van der Waals surface area (Å²) in [6, 6.07) is 6.58. The highest BCUT2D eigenvalue weighted by atomic mass is 32.2. The lowest BCUT2D eigenvalue weighted by atomic mass is 10.1. The second-order valence-electron chi connectivity index (χ2n) is 9.91. The summed E-state index contributed by atoms with van der Waals surface area (Å²) in [4.78, 5) is 33.2. The van der Waals surface area contributed by atoms with E-state index in [0.29, 0.717) is 31.6 Å². The van der Waals surface area contributed by atoms with Crippen molar-refractivity contribution in [3.05, 3.63) is 54.6 Å². The summed E-state index contributed by atoms with van der Waals surface area (Å²) < 4.78 is 34.5. The number of hydrogen-bond donors (Lipinski definition) is 2. The van der Waals surface area contributed by atoms with Crippen LogP contribution < -0.4 is 15.8 Å². The predicted octanol–water partition coefficient (Wildman–Crippen LogP) is 3.90. The number of hydrogen-bond acceptors (Lipinski definition) is 8. The average molecular weight is 585 g/mol. The van der Waals surface area contributed by atoms with Crippen LogP contribution >= 0.6 is 11.8 Å². The Hall–Kier alpha value is -4.04. The molecule has 0 unspecified atom stereocenters. The molecule has 3 aromatic heterocycles. The van der Waals surface area contributed by atoms with Gasteiger partial charge in [0.15, 0.2) is 5.65 Å². The molecule has 41 heavy (non-hydrogen) atoms. The van der Waals surface area contributed by atoms with Gasteiger partial charge < -0.3 is 20.7 Å². The van der Waals surface area contributed by atoms with Crippen LogP contribution in [0.4, 0.5) is 14.5 Å². The third kappa shape index (κ3) is 6.65. The van der Waals surface area contributed by atoms with E-state index in [1.54, 1.807) is 35.5 Å². The summed E-state index contributed by atoms with van der Waals surface area (Å²) in [5, 5.41) is 11.8. The molecule has 3 N–H and O–H groups in total. The Morgan fingerprint density at radius 1 is 1.24 bits per heavy atom. The molecular weight excluding hydrogens is 554 g/mol. The molecule has 0 bridgehead atoms. The number of carbonyl (C=O) groups excluding carboxylic acids is 2. The smallest absolute Gasteiger partial charge is 0.387 e. The number of piperidine rings is 1. The van der Waals surface area contributed by atoms with Gasteiger partial charge in [0.25, 0.3) is 5.91 Å². The lowest BCUT2D eigenvalue weighted by Gasteiger charge is -2.30. The standard InChI is InChI=1S/C27H30F2N8O3S/c1-16(2)41-18-4-5-22(40-27(28)29)19(12-18)24-21(33-26(39)20-13-32-37-9-3-8-31-25(20)37)14-36(34-24)15-23(38)35-10-6-17(30)7-11-35/h3-5,8-9,12-14,16-17,27H,6-7,10-11,15,30H2,1-2H3,(H,33,39). The Bertz CT molecular complexity index is 1550. The lowest BCUT2D eigenvalue weighted by molar-refractivity contribution is -0.133. The largest absolute Gasteiger partial charge is 0.434 e. The summed E-state index contributed by atoms with van der Waals surface area (Å²) >= 11 is 1.54. The molecule has 1 saturated heterocycles. The van der Waals surface area contributed by atoms with Gasteiger partial charge in [-0.25, -0.2) is 9.50 Å². The van der Waals surface area contributed by atoms with Crippen LogP contribution in [0.1, 0.15) is 37.0 Å². The van der Waals surface area contributed by atoms with E-state index in [1.165, 1.54) is 39.4 Å². The lowest BCUT2D eigenvalue weighted by Crippen LogP contribution is -2.44. The van der Waals surface area contributed by atoms with Crippen LogP contribution in [-0.4, -0.2) is 72.1 Å². The van der Waals surface area contributed by atoms with E-state index in [-0.39, 0.29) is 52.0 Å². The molecule has 1 aromatic carbocycles. The number of fused-ring (bicyclic) bond motifs is 1. The van der Waals surface area contributed by atoms with Gasteiger partial charge in [-0.2, -0.15) is 19.0 Å². The summed E-state index contributed by atoms with van der Waals surface area (Å²) in [5.41, 5.74) is 7.17. The van der Waals surface area contributed by atoms with Crippen molar-refractivity contribution in [2.75, 3.05) is 18.4 Å². The molecule has 1 aliphatic rings. The molecule has 0 aliphatic carbocycles. The van der Waals surface area contributed by atoms with Crippen LogP contribution in [0.5, 0.6) is 5.75 Å². The van der Waals surface area contributed by atoms with Crippen molar-refractivity contribution in [1.82, 2.24) is 29.3 Å². The second-order valence-corrected chi connectivity index (χ2v) is 11.6. The number of alkyl halides is 2. The number of nitrogens with two attached hydrogens (primary N) is 1. The van der Waals surface area contributed by atoms with Gasteiger partial charge in [-0.15, -0.1) is 11.8 Å². The van der Waals surface area contributed by atoms with E-state index >= 15 is 0 Å². The first-order valence-electron chi connectivity index (χ1n) is 13.1. The van der Waals surface area contributed by atoms with Crippen LogP contribution in [0.25, 0.3) is 16.9 Å². The first-order valence-corrected chi connectivity index (χ1v) is 14.0. The Morgan fingerprint density at radius 2 is 2.02 bits per heavy atom. The summed E-state index contributed by atoms with van der Waals surface area (Å²) in [7, 11) is 0. The van der Waals surface area contributed by atoms with Crippen molar-refractivity contribution in [2.24, 2.45) is 5.73 Å². The van der Waals surface area contributed by atoms with Crippen molar-refractivity contribution in [3.8, 4) is 17.0 Å². The highest BCUT2D eigenvalue weighted by Gasteiger charge is 2.25. The second kappa shape index (κ2) is 12.2. The number of rotatable bonds is 9. The first kappa shape index (κ1) is 28.5. The number of anilines is 1. The molecular formula is C27H30F2N8O3S. The zero-order chi connectivity index (χ0) is 29.1. The van der Waals surface area contributed by atoms with Crippen molar-refractivity contribution in [3.63, 3.8) is 0 Å². The number of amides is 2. The highest BCUT2D eigenvalue weighted by Crippen LogP contribution is 2.39. The summed E-state index contributed by atoms with van der Waals surface area (Å²) in [6.45, 7) is 1.92. The third-order valence-electron chi connectivity index (χ3n) is 6.52. The molecule has 0 radical (unpaired) electrons. The van der Waals surface area contributed by atoms with E-state index in [4.69, 9.17) is 10.5 Å². The molecule has 4 aromatic rings. The number of thioether (sulfide) groups is 1. The highest BCUT2D eigenvalue weighted by molar-refractivity contribution is 7.99. The fraction of sp³-hybridized carbons (Fsp3) is 0.370. The average Bonchev–Trinajstić information content (AvgIpc) is 3.53. The van der Waals surface area contributed by atoms with Gasteiger partial charge in [-0.3, -0.25) is 14.3 Å². The molecule has 11 nitrogen and oxygen atoms in total. The quantitative estimate of drug-likeness (QED) is 0.283. The van der Waals surface area contributed by atoms with Crippen molar-refractivity contribution in [2.45, 2.75) is 56.0 Å². The zero-order valence-corrected chi connectivity index (χ0v) is 23.4. The molecule has 0 atom stereocenters. The van der Waals surface area contributed by atoms with Gasteiger partial charge in [-0.1, -0.05) is 13.8 Å². The number of carbonyl (C=O) groups is 2. The Morgan fingerprint density at radius 3 is 2.76 bits per heavy atom. The van der Waals surface area contributed by atoms with Gasteiger partial charge >= 0.3 is 6.61 Å². The topological polar surface area (TPSA) is 133 Å². The molecule has 14 heteroatoms. The molecule has 2 amide bonds. The number of likely N-dealkylation sites (tertiary alicyclic amines) is 1. The van der Waals surface area contributed by atoms with E-state index in [9.17, 15) is 18.4 Å². The Labute approximate surface area is 239 Å². The van der Waals surface area contributed by atoms with E-state index < -0.39 is 12.5 Å². The first-order chi connectivity index (χ1) is 19.7. The van der Waals surface area contributed by atoms with E-state index in [0.717, 1.165) is 4.90 Å². The number of halogens is 2. The fourth-order valence-electron chi connectivity index (χ4n) is 4.60. The van der Waals surface area contributed by atoms with Gasteiger partial charge in [0, 0.05) is 53.4 Å². The van der Waals surface area contributed by atoms with Crippen LogP contribution in [0.15, 0.2) is 53.9 Å². The number of ether oxygens (including phenoxy) is 1. The van der Waals surface area contributed by atoms with E-state index in [1.807, 2.05) is 13.8 Å². The van der Waals surface area contributed by atoms with Gasteiger partial charge in [0.05, 0.1) is 11.9 Å². The molecule has 4 heterocycles. The zero-order valence-electron chi connectivity index (χ0n) is 22.5. The van der Waals surface area contributed by atoms with E-state index in [2.05, 4.69) is 20.5 Å². The Kier molecular flexibility index (Phi) is 8.49. The van der Waals surface area contributed by atoms with Gasteiger partial charge in [-0.05, 0) is 37.1 Å². The summed E-state index contributed by atoms with van der Waals surface area (Å²) in [5.74, 6) is -0.799. The van der Waals surface area contributed by atoms with Crippen molar-refractivity contribution < 1.29 is 23.1 Å². The maximum Gasteiger partial charge on any atom is 0.387 e. The molecule has 1 fully saturated rings. The predicted molar refractivity (Wildman–Crippen MR) is 150 cm³/mol. The maximum atomic E-state index is 13.4. The molecule has 0 spiro atoms. The van der Waals surface area contributed by atoms with Crippen molar-refractivity contribution >= 4 is 34.9 Å². The number of benzene rings is 1. The van der Waals surface area contributed by atoms with Crippen LogP contribution in [0, 0.1) is 0 Å². The van der Waals surface area contributed by atoms with Crippen LogP contribution in [0.2, 0.25) is 0 Å². The van der Waals surface area contributed by atoms with Crippen LogP contribution in [-0.2, 0) is 11.3 Å². The minimum atomic E-state index is -3.07. The minimum Gasteiger partial charge on any atom is -0.434 e. The normalized spacial score (nSPS) is 14.3. The maximum absolute atomic E-state index is 13.4. The summed E-state index contributed by atoms with van der Waals surface area (Å²) in [6.07, 6.45) is 7.51. The molecule has 1 aliphatic heterocycles. The number of nitrogens with one attached hydrogen (secondary N) is 1.